The number of amides is 1. The zero-order valence-electron chi connectivity index (χ0n) is 15.3. The average Bonchev–Trinajstić information content (AvgIpc) is 2.48. The van der Waals surface area contributed by atoms with Crippen molar-refractivity contribution in [2.24, 2.45) is 5.73 Å². The van der Waals surface area contributed by atoms with Gasteiger partial charge in [0.1, 0.15) is 11.6 Å². The molecule has 7 heteroatoms. The summed E-state index contributed by atoms with van der Waals surface area (Å²) in [5.74, 6) is -0.769. The first-order valence-electron chi connectivity index (χ1n) is 7.98. The molecule has 136 valence electrons. The van der Waals surface area contributed by atoms with Crippen molar-refractivity contribution < 1.29 is 23.8 Å². The SMILES string of the molecule is CCCCC(C(=O)OC(C)(C)C)N(CC(OC)OC)C(=O)CN. The molecule has 0 spiro atoms. The van der Waals surface area contributed by atoms with Gasteiger partial charge in [-0.25, -0.2) is 4.79 Å². The molecule has 7 nitrogen and oxygen atoms in total. The smallest absolute Gasteiger partial charge is 0.329 e. The topological polar surface area (TPSA) is 91.1 Å². The molecule has 0 aromatic carbocycles. The van der Waals surface area contributed by atoms with Crippen LogP contribution in [0.1, 0.15) is 47.0 Å². The van der Waals surface area contributed by atoms with Gasteiger partial charge in [-0.3, -0.25) is 4.79 Å². The van der Waals surface area contributed by atoms with Gasteiger partial charge < -0.3 is 24.8 Å². The van der Waals surface area contributed by atoms with E-state index >= 15 is 0 Å². The molecule has 0 saturated carbocycles. The highest BCUT2D eigenvalue weighted by Crippen LogP contribution is 2.17. The fourth-order valence-electron chi connectivity index (χ4n) is 2.09. The van der Waals surface area contributed by atoms with Gasteiger partial charge in [-0.05, 0) is 27.2 Å². The number of hydrogen-bond acceptors (Lipinski definition) is 6. The molecule has 0 aliphatic rings. The number of rotatable bonds is 10. The average molecular weight is 332 g/mol. The molecular formula is C16H32N2O5. The third-order valence-corrected chi connectivity index (χ3v) is 3.25. The third-order valence-electron chi connectivity index (χ3n) is 3.25. The molecule has 0 rings (SSSR count). The molecule has 0 fully saturated rings. The Bertz CT molecular complexity index is 364. The van der Waals surface area contributed by atoms with Crippen LogP contribution < -0.4 is 5.73 Å². The minimum Gasteiger partial charge on any atom is -0.458 e. The number of esters is 1. The number of carbonyl (C=O) groups is 2. The maximum Gasteiger partial charge on any atom is 0.329 e. The summed E-state index contributed by atoms with van der Waals surface area (Å²) < 4.78 is 15.8. The van der Waals surface area contributed by atoms with Crippen molar-refractivity contribution >= 4 is 11.9 Å². The minimum absolute atomic E-state index is 0.122. The molecule has 1 amide bonds. The van der Waals surface area contributed by atoms with Crippen LogP contribution in [0.5, 0.6) is 0 Å². The number of nitrogens with two attached hydrogens (primary N) is 1. The number of unbranched alkanes of at least 4 members (excludes halogenated alkanes) is 1. The Morgan fingerprint density at radius 3 is 2.13 bits per heavy atom. The molecule has 23 heavy (non-hydrogen) atoms. The number of nitrogens with zero attached hydrogens (tertiary/aromatic N) is 1. The highest BCUT2D eigenvalue weighted by Gasteiger charge is 2.33. The van der Waals surface area contributed by atoms with Gasteiger partial charge in [-0.15, -0.1) is 0 Å². The Kier molecular flexibility index (Phi) is 10.0. The number of hydrogen-bond donors (Lipinski definition) is 1. The summed E-state index contributed by atoms with van der Waals surface area (Å²) in [7, 11) is 2.96. The van der Waals surface area contributed by atoms with Crippen LogP contribution in [-0.4, -0.2) is 62.0 Å². The molecule has 0 heterocycles. The van der Waals surface area contributed by atoms with Gasteiger partial charge in [0.05, 0.1) is 13.1 Å². The number of methoxy groups -OCH3 is 2. The number of ether oxygens (including phenoxy) is 3. The maximum atomic E-state index is 12.5. The van der Waals surface area contributed by atoms with E-state index in [2.05, 4.69) is 0 Å². The molecule has 0 aliphatic heterocycles. The summed E-state index contributed by atoms with van der Waals surface area (Å²) >= 11 is 0. The molecule has 1 atom stereocenters. The van der Waals surface area contributed by atoms with Crippen LogP contribution in [0.25, 0.3) is 0 Å². The van der Waals surface area contributed by atoms with E-state index in [0.29, 0.717) is 6.42 Å². The lowest BCUT2D eigenvalue weighted by Gasteiger charge is -2.34. The Balaban J connectivity index is 5.35. The molecule has 2 N–H and O–H groups in total. The van der Waals surface area contributed by atoms with Crippen LogP contribution in [0, 0.1) is 0 Å². The van der Waals surface area contributed by atoms with Crippen LogP contribution in [0.15, 0.2) is 0 Å². The molecule has 0 aliphatic carbocycles. The van der Waals surface area contributed by atoms with Crippen molar-refractivity contribution in [2.75, 3.05) is 27.3 Å². The quantitative estimate of drug-likeness (QED) is 0.479. The van der Waals surface area contributed by atoms with Gasteiger partial charge in [0.15, 0.2) is 6.29 Å². The van der Waals surface area contributed by atoms with E-state index in [-0.39, 0.29) is 19.0 Å². The Morgan fingerprint density at radius 2 is 1.74 bits per heavy atom. The van der Waals surface area contributed by atoms with Gasteiger partial charge in [0.25, 0.3) is 0 Å². The van der Waals surface area contributed by atoms with Crippen molar-refractivity contribution in [1.29, 1.82) is 0 Å². The second kappa shape index (κ2) is 10.6. The summed E-state index contributed by atoms with van der Waals surface area (Å²) in [5, 5.41) is 0. The van der Waals surface area contributed by atoms with Crippen LogP contribution in [0.4, 0.5) is 0 Å². The molecule has 1 unspecified atom stereocenters. The monoisotopic (exact) mass is 332 g/mol. The highest BCUT2D eigenvalue weighted by atomic mass is 16.7. The van der Waals surface area contributed by atoms with Crippen LogP contribution in [-0.2, 0) is 23.8 Å². The van der Waals surface area contributed by atoms with Crippen LogP contribution in [0.3, 0.4) is 0 Å². The van der Waals surface area contributed by atoms with Crippen LogP contribution in [0.2, 0.25) is 0 Å². The van der Waals surface area contributed by atoms with Gasteiger partial charge in [-0.1, -0.05) is 19.8 Å². The van der Waals surface area contributed by atoms with E-state index in [1.807, 2.05) is 6.92 Å². The van der Waals surface area contributed by atoms with E-state index in [0.717, 1.165) is 12.8 Å². The van der Waals surface area contributed by atoms with Crippen molar-refractivity contribution in [1.82, 2.24) is 4.90 Å². The fourth-order valence-corrected chi connectivity index (χ4v) is 2.09. The first-order valence-corrected chi connectivity index (χ1v) is 7.98. The van der Waals surface area contributed by atoms with Crippen LogP contribution >= 0.6 is 0 Å². The van der Waals surface area contributed by atoms with Gasteiger partial charge in [-0.2, -0.15) is 0 Å². The lowest BCUT2D eigenvalue weighted by atomic mass is 10.1. The zero-order chi connectivity index (χ0) is 18.0. The van der Waals surface area contributed by atoms with E-state index in [9.17, 15) is 9.59 Å². The van der Waals surface area contributed by atoms with Gasteiger partial charge >= 0.3 is 5.97 Å². The second-order valence-electron chi connectivity index (χ2n) is 6.34. The summed E-state index contributed by atoms with van der Waals surface area (Å²) in [4.78, 5) is 26.2. The third kappa shape index (κ3) is 8.29. The molecule has 0 saturated heterocycles. The predicted molar refractivity (Wildman–Crippen MR) is 87.7 cm³/mol. The maximum absolute atomic E-state index is 12.5. The van der Waals surface area contributed by atoms with Crippen molar-refractivity contribution in [3.05, 3.63) is 0 Å². The Morgan fingerprint density at radius 1 is 1.17 bits per heavy atom. The first-order chi connectivity index (χ1) is 10.7. The zero-order valence-corrected chi connectivity index (χ0v) is 15.3. The van der Waals surface area contributed by atoms with E-state index in [4.69, 9.17) is 19.9 Å². The molecule has 0 aromatic rings. The summed E-state index contributed by atoms with van der Waals surface area (Å²) in [6.07, 6.45) is 1.58. The minimum atomic E-state index is -0.696. The fraction of sp³-hybridized carbons (Fsp3) is 0.875. The van der Waals surface area contributed by atoms with E-state index in [1.54, 1.807) is 20.8 Å². The summed E-state index contributed by atoms with van der Waals surface area (Å²) in [5.41, 5.74) is 4.88. The lowest BCUT2D eigenvalue weighted by Crippen LogP contribution is -2.52. The second-order valence-corrected chi connectivity index (χ2v) is 6.34. The largest absolute Gasteiger partial charge is 0.458 e. The first kappa shape index (κ1) is 21.8. The molecular weight excluding hydrogens is 300 g/mol. The standard InChI is InChI=1S/C16H32N2O5/c1-7-8-9-12(15(20)23-16(2,3)4)18(13(19)10-17)11-14(21-5)22-6/h12,14H,7-11,17H2,1-6H3. The lowest BCUT2D eigenvalue weighted by molar-refractivity contribution is -0.171. The summed E-state index contributed by atoms with van der Waals surface area (Å²) in [6, 6.07) is -0.696. The van der Waals surface area contributed by atoms with Gasteiger partial charge in [0, 0.05) is 14.2 Å². The highest BCUT2D eigenvalue weighted by molar-refractivity contribution is 5.85. The number of carbonyl (C=O) groups excluding carboxylic acids is 2. The van der Waals surface area contributed by atoms with E-state index < -0.39 is 23.9 Å². The molecule has 0 aromatic heterocycles. The van der Waals surface area contributed by atoms with Crippen molar-refractivity contribution in [2.45, 2.75) is 64.9 Å². The van der Waals surface area contributed by atoms with Gasteiger partial charge in [0.2, 0.25) is 5.91 Å². The Labute approximate surface area is 139 Å². The summed E-state index contributed by atoms with van der Waals surface area (Å²) in [6.45, 7) is 7.34. The molecule has 0 bridgehead atoms. The van der Waals surface area contributed by atoms with Crippen molar-refractivity contribution in [3.8, 4) is 0 Å². The van der Waals surface area contributed by atoms with E-state index in [1.165, 1.54) is 19.1 Å². The predicted octanol–water partition coefficient (Wildman–Crippen LogP) is 1.29. The van der Waals surface area contributed by atoms with Crippen molar-refractivity contribution in [3.63, 3.8) is 0 Å². The normalized spacial score (nSPS) is 13.0. The molecule has 0 radical (unpaired) electrons. The Hall–Kier alpha value is -1.18.